The van der Waals surface area contributed by atoms with Crippen molar-refractivity contribution in [2.45, 2.75) is 19.0 Å². The number of rotatable bonds is 5. The normalized spacial score (nSPS) is 10.7. The number of benzene rings is 5. The summed E-state index contributed by atoms with van der Waals surface area (Å²) in [5.41, 5.74) is 13.2. The van der Waals surface area contributed by atoms with E-state index in [1.807, 2.05) is 118 Å². The molecule has 0 aliphatic carbocycles. The smallest absolute Gasteiger partial charge is 0.203 e. The Morgan fingerprint density at radius 3 is 1.47 bits per heavy atom. The van der Waals surface area contributed by atoms with Crippen molar-refractivity contribution >= 4 is 74.4 Å². The topological polar surface area (TPSA) is 88.4 Å². The highest BCUT2D eigenvalue weighted by Gasteiger charge is 2.11. The van der Waals surface area contributed by atoms with Gasteiger partial charge in [0.2, 0.25) is 5.62 Å². The molecule has 2 aromatic heterocycles. The number of hydrogen-bond acceptors (Lipinski definition) is 3. The van der Waals surface area contributed by atoms with E-state index in [0.29, 0.717) is 30.5 Å². The summed E-state index contributed by atoms with van der Waals surface area (Å²) in [5.74, 6) is 1.03. The summed E-state index contributed by atoms with van der Waals surface area (Å²) in [6.07, 6.45) is 0. The van der Waals surface area contributed by atoms with Gasteiger partial charge in [0, 0.05) is 20.9 Å². The quantitative estimate of drug-likeness (QED) is 0.159. The van der Waals surface area contributed by atoms with Crippen molar-refractivity contribution in [2.24, 2.45) is 0 Å². The molecular weight excluding hydrogens is 646 g/mol. The van der Waals surface area contributed by atoms with Crippen molar-refractivity contribution in [3.63, 3.8) is 0 Å². The first-order chi connectivity index (χ1) is 21.8. The van der Waals surface area contributed by atoms with Crippen LogP contribution in [0.4, 0.5) is 5.95 Å². The van der Waals surface area contributed by atoms with Crippen LogP contribution in [-0.2, 0) is 19.0 Å². The van der Waals surface area contributed by atoms with Crippen LogP contribution in [0.25, 0.3) is 22.1 Å². The van der Waals surface area contributed by atoms with Gasteiger partial charge in [-0.25, -0.2) is 4.98 Å². The van der Waals surface area contributed by atoms with Crippen molar-refractivity contribution in [1.29, 1.82) is 5.41 Å². The molecule has 0 aliphatic heterocycles. The van der Waals surface area contributed by atoms with Crippen LogP contribution in [0.5, 0.6) is 0 Å². The van der Waals surface area contributed by atoms with Gasteiger partial charge >= 0.3 is 0 Å². The number of nitrogens with zero attached hydrogens (tertiary/aromatic N) is 3. The Bertz CT molecular complexity index is 1920. The summed E-state index contributed by atoms with van der Waals surface area (Å²) in [4.78, 5) is 6.96. The number of aromatic amines is 1. The molecule has 7 rings (SSSR count). The van der Waals surface area contributed by atoms with Crippen LogP contribution in [0.1, 0.15) is 16.7 Å². The predicted octanol–water partition coefficient (Wildman–Crippen LogP) is 9.55. The van der Waals surface area contributed by atoms with E-state index < -0.39 is 0 Å². The number of nitrogen functional groups attached to an aromatic ring is 1. The number of imidazole rings is 2. The van der Waals surface area contributed by atoms with Crippen molar-refractivity contribution in [3.8, 4) is 0 Å². The molecule has 5 aromatic carbocycles. The second-order valence-corrected chi connectivity index (χ2v) is 11.7. The molecule has 0 aliphatic rings. The molecule has 0 spiro atoms. The minimum Gasteiger partial charge on any atom is -0.369 e. The number of halogens is 4. The van der Waals surface area contributed by atoms with Gasteiger partial charge in [0.1, 0.15) is 0 Å². The minimum atomic E-state index is 0.469. The Hall–Kier alpha value is -4.20. The molecule has 0 bridgehead atoms. The number of anilines is 1. The van der Waals surface area contributed by atoms with Gasteiger partial charge < -0.3 is 19.9 Å². The largest absolute Gasteiger partial charge is 0.369 e. The SMILES string of the molecule is ClCc1ccc(Cl)cc1.N=c1n(Cc2ccc(Cl)cc2)c2ccccc2n1Cc1ccc(Cl)cc1.Nc1nc2ccccc2[nH]1. The van der Waals surface area contributed by atoms with Crippen LogP contribution in [0.3, 0.4) is 0 Å². The Morgan fingerprint density at radius 1 is 0.600 bits per heavy atom. The van der Waals surface area contributed by atoms with Crippen LogP contribution < -0.4 is 11.4 Å². The summed E-state index contributed by atoms with van der Waals surface area (Å²) in [6, 6.07) is 38.9. The van der Waals surface area contributed by atoms with Crippen molar-refractivity contribution in [1.82, 2.24) is 19.1 Å². The number of alkyl halides is 1. The molecule has 0 amide bonds. The van der Waals surface area contributed by atoms with Gasteiger partial charge in [-0.3, -0.25) is 5.41 Å². The molecule has 228 valence electrons. The second kappa shape index (κ2) is 15.2. The average Bonchev–Trinajstić information content (AvgIpc) is 3.56. The fraction of sp³-hybridized carbons (Fsp3) is 0.0857. The maximum absolute atomic E-state index is 8.73. The highest BCUT2D eigenvalue weighted by molar-refractivity contribution is 6.31. The predicted molar refractivity (Wildman–Crippen MR) is 188 cm³/mol. The first-order valence-corrected chi connectivity index (χ1v) is 15.7. The standard InChI is InChI=1S/C21H17Cl2N3.C7H6Cl2.C7H7N3/c22-17-9-5-15(6-10-17)13-25-19-3-1-2-4-20(19)26(21(25)24)14-16-7-11-18(23)12-8-16;8-5-6-1-3-7(9)4-2-6;8-7-9-5-3-1-2-4-6(5)10-7/h1-12,24H,13-14H2;1-4H,5H2;1-4H,(H3,8,9,10). The van der Waals surface area contributed by atoms with Gasteiger partial charge in [-0.05, 0) is 77.4 Å². The number of H-pyrrole nitrogens is 1. The summed E-state index contributed by atoms with van der Waals surface area (Å²) in [5, 5.41) is 10.9. The molecule has 45 heavy (non-hydrogen) atoms. The molecule has 4 N–H and O–H groups in total. The van der Waals surface area contributed by atoms with Gasteiger partial charge in [-0.15, -0.1) is 11.6 Å². The lowest BCUT2D eigenvalue weighted by molar-refractivity contribution is 0.664. The average molecular weight is 676 g/mol. The first-order valence-electron chi connectivity index (χ1n) is 14.0. The maximum atomic E-state index is 8.73. The van der Waals surface area contributed by atoms with E-state index in [0.717, 1.165) is 53.8 Å². The minimum absolute atomic E-state index is 0.469. The molecule has 0 saturated carbocycles. The van der Waals surface area contributed by atoms with Gasteiger partial charge in [0.05, 0.1) is 35.2 Å². The summed E-state index contributed by atoms with van der Waals surface area (Å²) < 4.78 is 4.04. The highest BCUT2D eigenvalue weighted by Crippen LogP contribution is 2.18. The Labute approximate surface area is 281 Å². The summed E-state index contributed by atoms with van der Waals surface area (Å²) >= 11 is 23.1. The molecule has 2 heterocycles. The fourth-order valence-corrected chi connectivity index (χ4v) is 5.26. The third kappa shape index (κ3) is 8.50. The number of nitrogens with two attached hydrogens (primary N) is 1. The van der Waals surface area contributed by atoms with Crippen LogP contribution >= 0.6 is 46.4 Å². The number of hydrogen-bond donors (Lipinski definition) is 3. The summed E-state index contributed by atoms with van der Waals surface area (Å²) in [7, 11) is 0. The molecule has 0 radical (unpaired) electrons. The molecule has 0 saturated heterocycles. The third-order valence-corrected chi connectivity index (χ3v) is 8.02. The molecule has 7 aromatic rings. The summed E-state index contributed by atoms with van der Waals surface area (Å²) in [6.45, 7) is 1.26. The number of aromatic nitrogens is 4. The van der Waals surface area contributed by atoms with Crippen LogP contribution in [0, 0.1) is 5.41 Å². The molecule has 0 unspecified atom stereocenters. The van der Waals surface area contributed by atoms with Crippen molar-refractivity contribution < 1.29 is 0 Å². The third-order valence-electron chi connectivity index (χ3n) is 6.96. The van der Waals surface area contributed by atoms with E-state index in [9.17, 15) is 0 Å². The Kier molecular flexibility index (Phi) is 10.9. The van der Waals surface area contributed by atoms with Gasteiger partial charge in [-0.2, -0.15) is 0 Å². The molecule has 6 nitrogen and oxygen atoms in total. The Morgan fingerprint density at radius 2 is 1.02 bits per heavy atom. The molecule has 10 heteroatoms. The van der Waals surface area contributed by atoms with Crippen LogP contribution in [-0.4, -0.2) is 19.1 Å². The van der Waals surface area contributed by atoms with E-state index in [2.05, 4.69) is 22.1 Å². The van der Waals surface area contributed by atoms with E-state index >= 15 is 0 Å². The lowest BCUT2D eigenvalue weighted by Gasteiger charge is -2.06. The lowest BCUT2D eigenvalue weighted by Crippen LogP contribution is -2.25. The van der Waals surface area contributed by atoms with E-state index in [4.69, 9.17) is 57.5 Å². The van der Waals surface area contributed by atoms with Gasteiger partial charge in [-0.1, -0.05) is 95.5 Å². The zero-order valence-electron chi connectivity index (χ0n) is 24.1. The zero-order chi connectivity index (χ0) is 31.8. The van der Waals surface area contributed by atoms with E-state index in [1.165, 1.54) is 0 Å². The van der Waals surface area contributed by atoms with Crippen molar-refractivity contribution in [2.75, 3.05) is 5.73 Å². The molecule has 0 atom stereocenters. The first kappa shape index (κ1) is 32.2. The number of fused-ring (bicyclic) bond motifs is 2. The van der Waals surface area contributed by atoms with E-state index in [1.54, 1.807) is 0 Å². The fourth-order valence-electron chi connectivity index (χ4n) is 4.71. The lowest BCUT2D eigenvalue weighted by atomic mass is 10.2. The van der Waals surface area contributed by atoms with Crippen LogP contribution in [0.2, 0.25) is 15.1 Å². The number of nitrogens with one attached hydrogen (secondary N) is 2. The molecular formula is C35H30Cl4N6. The van der Waals surface area contributed by atoms with Crippen molar-refractivity contribution in [3.05, 3.63) is 159 Å². The maximum Gasteiger partial charge on any atom is 0.203 e. The highest BCUT2D eigenvalue weighted by atomic mass is 35.5. The number of para-hydroxylation sites is 4. The second-order valence-electron chi connectivity index (χ2n) is 10.1. The van der Waals surface area contributed by atoms with Crippen LogP contribution in [0.15, 0.2) is 121 Å². The van der Waals surface area contributed by atoms with E-state index in [-0.39, 0.29) is 0 Å². The Balaban J connectivity index is 0.000000171. The van der Waals surface area contributed by atoms with Gasteiger partial charge in [0.15, 0.2) is 5.95 Å². The monoisotopic (exact) mass is 674 g/mol. The molecule has 0 fully saturated rings. The zero-order valence-corrected chi connectivity index (χ0v) is 27.1. The van der Waals surface area contributed by atoms with Gasteiger partial charge in [0.25, 0.3) is 0 Å².